The summed E-state index contributed by atoms with van der Waals surface area (Å²) in [6, 6.07) is 2.88. The number of aromatic nitrogens is 1. The summed E-state index contributed by atoms with van der Waals surface area (Å²) in [4.78, 5) is 14.8. The fourth-order valence-electron chi connectivity index (χ4n) is 2.30. The van der Waals surface area contributed by atoms with Crippen molar-refractivity contribution >= 4 is 5.97 Å². The van der Waals surface area contributed by atoms with E-state index < -0.39 is 5.95 Å². The van der Waals surface area contributed by atoms with Crippen LogP contribution in [-0.2, 0) is 9.53 Å². The number of nitrogens with zero attached hydrogens (tertiary/aromatic N) is 1. The Labute approximate surface area is 105 Å². The van der Waals surface area contributed by atoms with Crippen molar-refractivity contribution in [3.63, 3.8) is 0 Å². The Hall–Kier alpha value is -1.65. The Morgan fingerprint density at radius 2 is 2.39 bits per heavy atom. The van der Waals surface area contributed by atoms with Gasteiger partial charge < -0.3 is 9.47 Å². The van der Waals surface area contributed by atoms with Crippen LogP contribution in [0, 0.1) is 17.8 Å². The average molecular weight is 253 g/mol. The van der Waals surface area contributed by atoms with Gasteiger partial charge >= 0.3 is 5.97 Å². The number of rotatable bonds is 4. The molecule has 4 nitrogen and oxygen atoms in total. The largest absolute Gasteiger partial charge is 0.493 e. The molecule has 0 spiro atoms. The highest BCUT2D eigenvalue weighted by Crippen LogP contribution is 2.32. The van der Waals surface area contributed by atoms with Crippen molar-refractivity contribution < 1.29 is 18.7 Å². The van der Waals surface area contributed by atoms with Crippen molar-refractivity contribution in [2.75, 3.05) is 13.7 Å². The molecule has 1 aromatic heterocycles. The third-order valence-electron chi connectivity index (χ3n) is 3.26. The maximum absolute atomic E-state index is 12.8. The maximum Gasteiger partial charge on any atom is 0.308 e. The third-order valence-corrected chi connectivity index (χ3v) is 3.26. The standard InChI is InChI=1S/C13H16FNO3/c1-17-13(16)10-3-2-9(6-10)8-18-11-4-5-15-12(14)7-11/h4-5,7,9-10H,2-3,6,8H2,1H3/t9-,10+/m0/s1. The highest BCUT2D eigenvalue weighted by molar-refractivity contribution is 5.72. The highest BCUT2D eigenvalue weighted by Gasteiger charge is 2.30. The molecule has 1 aliphatic carbocycles. The number of hydrogen-bond donors (Lipinski definition) is 0. The van der Waals surface area contributed by atoms with Crippen molar-refractivity contribution in [2.45, 2.75) is 19.3 Å². The summed E-state index contributed by atoms with van der Waals surface area (Å²) in [5.41, 5.74) is 0. The van der Waals surface area contributed by atoms with E-state index in [9.17, 15) is 9.18 Å². The van der Waals surface area contributed by atoms with E-state index in [1.165, 1.54) is 19.4 Å². The van der Waals surface area contributed by atoms with E-state index in [-0.39, 0.29) is 11.9 Å². The van der Waals surface area contributed by atoms with Gasteiger partial charge in [0, 0.05) is 12.3 Å². The van der Waals surface area contributed by atoms with Gasteiger partial charge in [-0.15, -0.1) is 0 Å². The predicted octanol–water partition coefficient (Wildman–Crippen LogP) is 2.19. The number of halogens is 1. The molecule has 0 N–H and O–H groups in total. The minimum absolute atomic E-state index is 0.0159. The molecule has 98 valence electrons. The first kappa shape index (κ1) is 12.8. The molecular formula is C13H16FNO3. The monoisotopic (exact) mass is 253 g/mol. The first-order valence-electron chi connectivity index (χ1n) is 6.01. The average Bonchev–Trinajstić information content (AvgIpc) is 2.84. The van der Waals surface area contributed by atoms with Crippen molar-refractivity contribution in [2.24, 2.45) is 11.8 Å². The van der Waals surface area contributed by atoms with Crippen LogP contribution in [0.15, 0.2) is 18.3 Å². The first-order valence-corrected chi connectivity index (χ1v) is 6.01. The van der Waals surface area contributed by atoms with Gasteiger partial charge in [0.2, 0.25) is 5.95 Å². The molecule has 0 aromatic carbocycles. The fraction of sp³-hybridized carbons (Fsp3) is 0.538. The molecule has 18 heavy (non-hydrogen) atoms. The minimum atomic E-state index is -0.550. The number of hydrogen-bond acceptors (Lipinski definition) is 4. The highest BCUT2D eigenvalue weighted by atomic mass is 19.1. The van der Waals surface area contributed by atoms with Crippen molar-refractivity contribution in [1.29, 1.82) is 0 Å². The van der Waals surface area contributed by atoms with Gasteiger partial charge in [-0.3, -0.25) is 4.79 Å². The first-order chi connectivity index (χ1) is 8.69. The molecule has 0 radical (unpaired) electrons. The quantitative estimate of drug-likeness (QED) is 0.609. The number of carbonyl (C=O) groups is 1. The zero-order chi connectivity index (χ0) is 13.0. The molecule has 1 saturated carbocycles. The zero-order valence-electron chi connectivity index (χ0n) is 10.3. The van der Waals surface area contributed by atoms with Crippen LogP contribution in [0.2, 0.25) is 0 Å². The molecular weight excluding hydrogens is 237 g/mol. The summed E-state index contributed by atoms with van der Waals surface area (Å²) >= 11 is 0. The zero-order valence-corrected chi connectivity index (χ0v) is 10.3. The Bertz CT molecular complexity index is 424. The number of pyridine rings is 1. The summed E-state index contributed by atoms with van der Waals surface area (Å²) in [6.45, 7) is 0.497. The minimum Gasteiger partial charge on any atom is -0.493 e. The van der Waals surface area contributed by atoms with E-state index in [0.717, 1.165) is 19.3 Å². The molecule has 1 heterocycles. The van der Waals surface area contributed by atoms with Gasteiger partial charge in [-0.2, -0.15) is 4.39 Å². The summed E-state index contributed by atoms with van der Waals surface area (Å²) < 4.78 is 23.1. The van der Waals surface area contributed by atoms with Gasteiger partial charge in [0.05, 0.1) is 19.6 Å². The van der Waals surface area contributed by atoms with Crippen LogP contribution in [-0.4, -0.2) is 24.7 Å². The molecule has 5 heteroatoms. The van der Waals surface area contributed by atoms with Gasteiger partial charge in [-0.05, 0) is 31.2 Å². The van der Waals surface area contributed by atoms with Crippen LogP contribution in [0.3, 0.4) is 0 Å². The number of esters is 1. The van der Waals surface area contributed by atoms with E-state index in [1.807, 2.05) is 0 Å². The SMILES string of the molecule is COC(=O)[C@@H]1CC[C@H](COc2ccnc(F)c2)C1. The van der Waals surface area contributed by atoms with Crippen molar-refractivity contribution in [1.82, 2.24) is 4.98 Å². The van der Waals surface area contributed by atoms with E-state index in [4.69, 9.17) is 9.47 Å². The second-order valence-electron chi connectivity index (χ2n) is 4.52. The second-order valence-corrected chi connectivity index (χ2v) is 4.52. The molecule has 0 aliphatic heterocycles. The van der Waals surface area contributed by atoms with Gasteiger partial charge in [0.1, 0.15) is 5.75 Å². The molecule has 2 atom stereocenters. The van der Waals surface area contributed by atoms with E-state index in [2.05, 4.69) is 4.98 Å². The lowest BCUT2D eigenvalue weighted by atomic mass is 10.1. The molecule has 1 aromatic rings. The van der Waals surface area contributed by atoms with E-state index >= 15 is 0 Å². The van der Waals surface area contributed by atoms with Crippen LogP contribution >= 0.6 is 0 Å². The van der Waals surface area contributed by atoms with Gasteiger partial charge in [0.15, 0.2) is 0 Å². The molecule has 0 saturated heterocycles. The Kier molecular flexibility index (Phi) is 4.12. The summed E-state index contributed by atoms with van der Waals surface area (Å²) in [5, 5.41) is 0. The van der Waals surface area contributed by atoms with Crippen molar-refractivity contribution in [3.05, 3.63) is 24.3 Å². The van der Waals surface area contributed by atoms with Crippen LogP contribution in [0.25, 0.3) is 0 Å². The molecule has 0 unspecified atom stereocenters. The normalized spacial score (nSPS) is 22.8. The van der Waals surface area contributed by atoms with E-state index in [0.29, 0.717) is 18.3 Å². The summed E-state index contributed by atoms with van der Waals surface area (Å²) in [7, 11) is 1.41. The topological polar surface area (TPSA) is 48.4 Å². The fourth-order valence-corrected chi connectivity index (χ4v) is 2.30. The molecule has 1 fully saturated rings. The van der Waals surface area contributed by atoms with Gasteiger partial charge in [-0.25, -0.2) is 4.98 Å². The maximum atomic E-state index is 12.8. The smallest absolute Gasteiger partial charge is 0.308 e. The van der Waals surface area contributed by atoms with Gasteiger partial charge in [-0.1, -0.05) is 0 Å². The van der Waals surface area contributed by atoms with Crippen LogP contribution in [0.5, 0.6) is 5.75 Å². The van der Waals surface area contributed by atoms with Crippen LogP contribution < -0.4 is 4.74 Å². The molecule has 2 rings (SSSR count). The Morgan fingerprint density at radius 1 is 1.56 bits per heavy atom. The molecule has 0 amide bonds. The van der Waals surface area contributed by atoms with Crippen LogP contribution in [0.4, 0.5) is 4.39 Å². The third kappa shape index (κ3) is 3.18. The lowest BCUT2D eigenvalue weighted by Gasteiger charge is -2.12. The molecule has 1 aliphatic rings. The summed E-state index contributed by atoms with van der Waals surface area (Å²) in [5.74, 6) is 0.0888. The van der Waals surface area contributed by atoms with E-state index in [1.54, 1.807) is 6.07 Å². The lowest BCUT2D eigenvalue weighted by Crippen LogP contribution is -2.15. The number of ether oxygens (including phenoxy) is 2. The number of carbonyl (C=O) groups excluding carboxylic acids is 1. The molecule has 0 bridgehead atoms. The Morgan fingerprint density at radius 3 is 3.11 bits per heavy atom. The van der Waals surface area contributed by atoms with Gasteiger partial charge in [0.25, 0.3) is 0 Å². The second kappa shape index (κ2) is 5.80. The predicted molar refractivity (Wildman–Crippen MR) is 62.5 cm³/mol. The Balaban J connectivity index is 1.80. The lowest BCUT2D eigenvalue weighted by molar-refractivity contribution is -0.145. The summed E-state index contributed by atoms with van der Waals surface area (Å²) in [6.07, 6.45) is 3.93. The van der Waals surface area contributed by atoms with Crippen LogP contribution in [0.1, 0.15) is 19.3 Å². The number of methoxy groups -OCH3 is 1. The van der Waals surface area contributed by atoms with Crippen molar-refractivity contribution in [3.8, 4) is 5.75 Å².